The van der Waals surface area contributed by atoms with Gasteiger partial charge < -0.3 is 10.6 Å². The van der Waals surface area contributed by atoms with E-state index in [1.807, 2.05) is 0 Å². The average Bonchev–Trinajstić information content (AvgIpc) is 2.05. The highest BCUT2D eigenvalue weighted by Gasteiger charge is 2.33. The Kier molecular flexibility index (Phi) is 3.47. The van der Waals surface area contributed by atoms with Crippen LogP contribution in [0.2, 0.25) is 0 Å². The first-order valence-electron chi connectivity index (χ1n) is 4.67. The van der Waals surface area contributed by atoms with E-state index in [1.165, 1.54) is 0 Å². The Labute approximate surface area is 73.9 Å². The lowest BCUT2D eigenvalue weighted by Gasteiger charge is -2.39. The predicted molar refractivity (Wildman–Crippen MR) is 48.8 cm³/mol. The number of alkyl halides is 1. The molecule has 3 heteroatoms. The van der Waals surface area contributed by atoms with E-state index in [2.05, 4.69) is 11.9 Å². The molecule has 2 nitrogen and oxygen atoms in total. The summed E-state index contributed by atoms with van der Waals surface area (Å²) in [5, 5.41) is 0. The normalized spacial score (nSPS) is 32.2. The highest BCUT2D eigenvalue weighted by atomic mass is 19.1. The summed E-state index contributed by atoms with van der Waals surface area (Å²) in [6.07, 6.45) is 2.94. The largest absolute Gasteiger partial charge is 0.330 e. The van der Waals surface area contributed by atoms with Gasteiger partial charge in [-0.3, -0.25) is 4.39 Å². The first-order valence-corrected chi connectivity index (χ1v) is 4.67. The van der Waals surface area contributed by atoms with Crippen LogP contribution in [-0.4, -0.2) is 38.3 Å². The second-order valence-electron chi connectivity index (χ2n) is 4.01. The summed E-state index contributed by atoms with van der Waals surface area (Å²) in [7, 11) is 2.06. The van der Waals surface area contributed by atoms with Gasteiger partial charge in [0, 0.05) is 12.0 Å². The van der Waals surface area contributed by atoms with E-state index in [-0.39, 0.29) is 12.1 Å². The van der Waals surface area contributed by atoms with Crippen molar-refractivity contribution in [1.29, 1.82) is 0 Å². The van der Waals surface area contributed by atoms with Crippen molar-refractivity contribution in [3.05, 3.63) is 0 Å². The number of hydrogen-bond donors (Lipinski definition) is 1. The topological polar surface area (TPSA) is 29.3 Å². The molecule has 1 saturated heterocycles. The van der Waals surface area contributed by atoms with Crippen molar-refractivity contribution in [3.63, 3.8) is 0 Å². The number of piperidine rings is 1. The maximum atomic E-state index is 12.8. The Balaban J connectivity index is 2.51. The molecule has 0 aromatic heterocycles. The van der Waals surface area contributed by atoms with E-state index in [9.17, 15) is 4.39 Å². The van der Waals surface area contributed by atoms with E-state index in [0.717, 1.165) is 32.4 Å². The Morgan fingerprint density at radius 1 is 1.58 bits per heavy atom. The summed E-state index contributed by atoms with van der Waals surface area (Å²) < 4.78 is 12.8. The van der Waals surface area contributed by atoms with Crippen molar-refractivity contribution in [1.82, 2.24) is 4.90 Å². The molecule has 12 heavy (non-hydrogen) atoms. The molecule has 0 aromatic carbocycles. The van der Waals surface area contributed by atoms with E-state index in [1.54, 1.807) is 0 Å². The average molecular weight is 174 g/mol. The van der Waals surface area contributed by atoms with Gasteiger partial charge in [-0.2, -0.15) is 0 Å². The van der Waals surface area contributed by atoms with Gasteiger partial charge >= 0.3 is 0 Å². The van der Waals surface area contributed by atoms with Crippen LogP contribution in [0.25, 0.3) is 0 Å². The Morgan fingerprint density at radius 2 is 2.33 bits per heavy atom. The molecule has 0 aromatic rings. The van der Waals surface area contributed by atoms with Crippen molar-refractivity contribution >= 4 is 0 Å². The summed E-state index contributed by atoms with van der Waals surface area (Å²) in [6, 6.07) is 0. The van der Waals surface area contributed by atoms with Crippen LogP contribution >= 0.6 is 0 Å². The molecule has 0 amide bonds. The number of nitrogens with two attached hydrogens (primary N) is 1. The van der Waals surface area contributed by atoms with Crippen molar-refractivity contribution < 1.29 is 4.39 Å². The lowest BCUT2D eigenvalue weighted by molar-refractivity contribution is 0.0735. The summed E-state index contributed by atoms with van der Waals surface area (Å²) in [5.41, 5.74) is 5.36. The Bertz CT molecular complexity index is 136. The molecule has 0 aliphatic carbocycles. The van der Waals surface area contributed by atoms with Crippen LogP contribution in [0, 0.1) is 5.41 Å². The highest BCUT2D eigenvalue weighted by molar-refractivity contribution is 4.85. The molecule has 1 unspecified atom stereocenters. The molecule has 1 atom stereocenters. The van der Waals surface area contributed by atoms with Crippen LogP contribution in [0.5, 0.6) is 0 Å². The zero-order valence-electron chi connectivity index (χ0n) is 7.85. The molecular formula is C9H19FN2. The molecule has 0 bridgehead atoms. The standard InChI is InChI=1S/C9H19FN2/c1-12-6-2-3-9(7-10,8-12)4-5-11/h2-8,11H2,1H3. The van der Waals surface area contributed by atoms with Gasteiger partial charge in [-0.15, -0.1) is 0 Å². The molecule has 1 fully saturated rings. The zero-order valence-corrected chi connectivity index (χ0v) is 7.85. The van der Waals surface area contributed by atoms with E-state index in [0.29, 0.717) is 6.54 Å². The summed E-state index contributed by atoms with van der Waals surface area (Å²) in [5.74, 6) is 0. The first kappa shape index (κ1) is 9.93. The van der Waals surface area contributed by atoms with Crippen molar-refractivity contribution in [3.8, 4) is 0 Å². The van der Waals surface area contributed by atoms with Gasteiger partial charge in [0.2, 0.25) is 0 Å². The number of halogens is 1. The van der Waals surface area contributed by atoms with Gasteiger partial charge in [0.25, 0.3) is 0 Å². The third kappa shape index (κ3) is 2.17. The quantitative estimate of drug-likeness (QED) is 0.692. The smallest absolute Gasteiger partial charge is 0.0963 e. The molecule has 1 aliphatic rings. The third-order valence-electron chi connectivity index (χ3n) is 2.81. The second kappa shape index (κ2) is 4.19. The maximum absolute atomic E-state index is 12.8. The molecular weight excluding hydrogens is 155 g/mol. The van der Waals surface area contributed by atoms with Gasteiger partial charge in [-0.1, -0.05) is 0 Å². The van der Waals surface area contributed by atoms with Crippen molar-refractivity contribution in [2.24, 2.45) is 11.1 Å². The zero-order chi connectivity index (χ0) is 9.03. The summed E-state index contributed by atoms with van der Waals surface area (Å²) in [6.45, 7) is 2.37. The van der Waals surface area contributed by atoms with Crippen LogP contribution < -0.4 is 5.73 Å². The summed E-state index contributed by atoms with van der Waals surface area (Å²) in [4.78, 5) is 2.21. The molecule has 0 saturated carbocycles. The fourth-order valence-electron chi connectivity index (χ4n) is 2.14. The Hall–Kier alpha value is -0.150. The highest BCUT2D eigenvalue weighted by Crippen LogP contribution is 2.32. The minimum absolute atomic E-state index is 0.123. The van der Waals surface area contributed by atoms with Gasteiger partial charge in [-0.25, -0.2) is 0 Å². The third-order valence-corrected chi connectivity index (χ3v) is 2.81. The number of rotatable bonds is 3. The van der Waals surface area contributed by atoms with Gasteiger partial charge in [-0.05, 0) is 39.4 Å². The number of nitrogens with zero attached hydrogens (tertiary/aromatic N) is 1. The first-order chi connectivity index (χ1) is 5.72. The maximum Gasteiger partial charge on any atom is 0.0963 e. The fraction of sp³-hybridized carbons (Fsp3) is 1.00. The number of likely N-dealkylation sites (tertiary alicyclic amines) is 1. The minimum atomic E-state index is -0.214. The van der Waals surface area contributed by atoms with Crippen LogP contribution in [0.3, 0.4) is 0 Å². The van der Waals surface area contributed by atoms with Gasteiger partial charge in [0.1, 0.15) is 0 Å². The summed E-state index contributed by atoms with van der Waals surface area (Å²) >= 11 is 0. The monoisotopic (exact) mass is 174 g/mol. The molecule has 1 rings (SSSR count). The van der Waals surface area contributed by atoms with Crippen molar-refractivity contribution in [2.75, 3.05) is 33.4 Å². The lowest BCUT2D eigenvalue weighted by Crippen LogP contribution is -2.43. The molecule has 0 spiro atoms. The van der Waals surface area contributed by atoms with E-state index in [4.69, 9.17) is 5.73 Å². The SMILES string of the molecule is CN1CCCC(CF)(CCN)C1. The lowest BCUT2D eigenvalue weighted by atomic mass is 9.78. The van der Waals surface area contributed by atoms with E-state index < -0.39 is 0 Å². The predicted octanol–water partition coefficient (Wildman–Crippen LogP) is 1.02. The molecule has 1 aliphatic heterocycles. The van der Waals surface area contributed by atoms with E-state index >= 15 is 0 Å². The second-order valence-corrected chi connectivity index (χ2v) is 4.01. The van der Waals surface area contributed by atoms with Crippen LogP contribution in [0.4, 0.5) is 4.39 Å². The van der Waals surface area contributed by atoms with Gasteiger partial charge in [0.05, 0.1) is 6.67 Å². The number of hydrogen-bond acceptors (Lipinski definition) is 2. The molecule has 72 valence electrons. The Morgan fingerprint density at radius 3 is 2.83 bits per heavy atom. The minimum Gasteiger partial charge on any atom is -0.330 e. The van der Waals surface area contributed by atoms with Gasteiger partial charge in [0.15, 0.2) is 0 Å². The molecule has 0 radical (unpaired) electrons. The van der Waals surface area contributed by atoms with Crippen LogP contribution in [0.1, 0.15) is 19.3 Å². The van der Waals surface area contributed by atoms with Crippen LogP contribution in [0.15, 0.2) is 0 Å². The fourth-order valence-corrected chi connectivity index (χ4v) is 2.14. The van der Waals surface area contributed by atoms with Crippen molar-refractivity contribution in [2.45, 2.75) is 19.3 Å². The van der Waals surface area contributed by atoms with Crippen LogP contribution in [-0.2, 0) is 0 Å². The molecule has 2 N–H and O–H groups in total. The molecule has 1 heterocycles.